The molecule has 0 aliphatic rings. The van der Waals surface area contributed by atoms with E-state index in [1.54, 1.807) is 6.07 Å². The lowest BCUT2D eigenvalue weighted by Crippen LogP contribution is -2.18. The van der Waals surface area contributed by atoms with Gasteiger partial charge in [-0.3, -0.25) is 9.78 Å². The molecule has 0 amide bonds. The highest BCUT2D eigenvalue weighted by molar-refractivity contribution is 6.31. The van der Waals surface area contributed by atoms with Crippen LogP contribution in [0.2, 0.25) is 5.02 Å². The van der Waals surface area contributed by atoms with Crippen LogP contribution in [0.4, 0.5) is 11.6 Å². The van der Waals surface area contributed by atoms with E-state index in [0.717, 1.165) is 16.8 Å². The molecule has 3 rings (SSSR count). The van der Waals surface area contributed by atoms with Crippen molar-refractivity contribution in [2.45, 2.75) is 20.3 Å². The zero-order chi connectivity index (χ0) is 17.1. The number of rotatable bonds is 4. The van der Waals surface area contributed by atoms with Gasteiger partial charge in [0.05, 0.1) is 0 Å². The molecule has 0 unspecified atom stereocenters. The average Bonchev–Trinajstić information content (AvgIpc) is 2.55. The molecule has 0 saturated heterocycles. The molecule has 0 aliphatic heterocycles. The Morgan fingerprint density at radius 3 is 2.50 bits per heavy atom. The summed E-state index contributed by atoms with van der Waals surface area (Å²) in [6.07, 6.45) is 0.444. The smallest absolute Gasteiger partial charge is 0.274 e. The maximum atomic E-state index is 12.2. The van der Waals surface area contributed by atoms with Gasteiger partial charge < -0.3 is 5.32 Å². The van der Waals surface area contributed by atoms with Crippen LogP contribution in [0.15, 0.2) is 47.3 Å². The number of hydrogen-bond acceptors (Lipinski definition) is 4. The first-order valence-corrected chi connectivity index (χ1v) is 7.93. The van der Waals surface area contributed by atoms with Crippen molar-refractivity contribution < 1.29 is 0 Å². The molecule has 0 atom stereocenters. The van der Waals surface area contributed by atoms with Crippen molar-refractivity contribution in [3.05, 3.63) is 80.2 Å². The molecule has 6 heteroatoms. The summed E-state index contributed by atoms with van der Waals surface area (Å²) in [6.45, 7) is 3.95. The van der Waals surface area contributed by atoms with Gasteiger partial charge >= 0.3 is 0 Å². The molecule has 2 N–H and O–H groups in total. The molecule has 0 bridgehead atoms. The molecular weight excluding hydrogens is 324 g/mol. The van der Waals surface area contributed by atoms with Crippen LogP contribution in [0.25, 0.3) is 0 Å². The summed E-state index contributed by atoms with van der Waals surface area (Å²) >= 11 is 6.09. The van der Waals surface area contributed by atoms with E-state index in [2.05, 4.69) is 20.5 Å². The first kappa shape index (κ1) is 16.2. The van der Waals surface area contributed by atoms with Crippen LogP contribution in [0.5, 0.6) is 0 Å². The normalized spacial score (nSPS) is 10.6. The fourth-order valence-corrected chi connectivity index (χ4v) is 2.42. The second-order valence-corrected chi connectivity index (χ2v) is 6.11. The number of halogens is 1. The summed E-state index contributed by atoms with van der Waals surface area (Å²) in [5.41, 5.74) is 4.04. The van der Waals surface area contributed by atoms with E-state index >= 15 is 0 Å². The van der Waals surface area contributed by atoms with Crippen LogP contribution >= 0.6 is 11.6 Å². The average molecular weight is 341 g/mol. The molecule has 3 aromatic rings. The first-order chi connectivity index (χ1) is 11.5. The van der Waals surface area contributed by atoms with E-state index in [-0.39, 0.29) is 11.5 Å². The molecule has 0 aliphatic carbocycles. The summed E-state index contributed by atoms with van der Waals surface area (Å²) in [7, 11) is 0. The van der Waals surface area contributed by atoms with Crippen molar-refractivity contribution in [2.24, 2.45) is 0 Å². The Balaban J connectivity index is 1.78. The van der Waals surface area contributed by atoms with Crippen LogP contribution in [0.1, 0.15) is 22.4 Å². The molecule has 1 heterocycles. The third-order valence-corrected chi connectivity index (χ3v) is 4.10. The number of hydrogen-bond donors (Lipinski definition) is 2. The lowest BCUT2D eigenvalue weighted by atomic mass is 10.1. The van der Waals surface area contributed by atoms with Crippen LogP contribution in [0, 0.1) is 13.8 Å². The largest absolute Gasteiger partial charge is 0.324 e. The molecule has 24 heavy (non-hydrogen) atoms. The summed E-state index contributed by atoms with van der Waals surface area (Å²) in [4.78, 5) is 14.9. The van der Waals surface area contributed by atoms with Crippen molar-refractivity contribution in [3.63, 3.8) is 0 Å². The Morgan fingerprint density at radius 2 is 1.83 bits per heavy atom. The minimum Gasteiger partial charge on any atom is -0.324 e. The van der Waals surface area contributed by atoms with E-state index < -0.39 is 0 Å². The highest BCUT2D eigenvalue weighted by Crippen LogP contribution is 2.21. The maximum Gasteiger partial charge on any atom is 0.274 e. The minimum atomic E-state index is -0.258. The van der Waals surface area contributed by atoms with Gasteiger partial charge in [-0.15, -0.1) is 10.2 Å². The van der Waals surface area contributed by atoms with Crippen molar-refractivity contribution in [2.75, 3.05) is 5.32 Å². The van der Waals surface area contributed by atoms with Gasteiger partial charge in [-0.2, -0.15) is 0 Å². The van der Waals surface area contributed by atoms with Gasteiger partial charge in [0.1, 0.15) is 5.69 Å². The van der Waals surface area contributed by atoms with Crippen LogP contribution in [0.3, 0.4) is 0 Å². The predicted molar refractivity (Wildman–Crippen MR) is 96.1 cm³/mol. The van der Waals surface area contributed by atoms with E-state index in [1.165, 1.54) is 5.56 Å². The summed E-state index contributed by atoms with van der Waals surface area (Å²) in [5.74, 6) is 0.285. The van der Waals surface area contributed by atoms with E-state index in [9.17, 15) is 4.79 Å². The van der Waals surface area contributed by atoms with Crippen LogP contribution < -0.4 is 10.9 Å². The topological polar surface area (TPSA) is 70.7 Å². The number of anilines is 2. The zero-order valence-corrected chi connectivity index (χ0v) is 14.2. The Bertz CT molecular complexity index is 919. The third kappa shape index (κ3) is 3.81. The van der Waals surface area contributed by atoms with Crippen LogP contribution in [-0.2, 0) is 6.42 Å². The van der Waals surface area contributed by atoms with Gasteiger partial charge in [-0.1, -0.05) is 47.5 Å². The first-order valence-electron chi connectivity index (χ1n) is 7.56. The molecule has 0 saturated carbocycles. The molecule has 2 aromatic carbocycles. The molecule has 1 aromatic heterocycles. The number of aromatic nitrogens is 3. The summed E-state index contributed by atoms with van der Waals surface area (Å²) in [6, 6.07) is 13.5. The predicted octanol–water partition coefficient (Wildman–Crippen LogP) is 3.77. The van der Waals surface area contributed by atoms with Crippen molar-refractivity contribution >= 4 is 23.2 Å². The standard InChI is InChI=1S/C18H17ClN4O/c1-11-3-6-13(7-4-11)9-16-17(24)21-18(23-22-16)20-14-8-5-12(2)15(19)10-14/h3-8,10H,9H2,1-2H3,(H2,20,21,23,24). The van der Waals surface area contributed by atoms with Crippen molar-refractivity contribution in [1.29, 1.82) is 0 Å². The quantitative estimate of drug-likeness (QED) is 0.758. The molecule has 0 fully saturated rings. The lowest BCUT2D eigenvalue weighted by Gasteiger charge is -2.07. The molecule has 0 spiro atoms. The number of benzene rings is 2. The number of H-pyrrole nitrogens is 1. The van der Waals surface area contributed by atoms with Crippen LogP contribution in [-0.4, -0.2) is 15.2 Å². The maximum absolute atomic E-state index is 12.2. The van der Waals surface area contributed by atoms with Crippen molar-refractivity contribution in [3.8, 4) is 0 Å². The second-order valence-electron chi connectivity index (χ2n) is 5.70. The van der Waals surface area contributed by atoms with Gasteiger partial charge in [0.25, 0.3) is 5.56 Å². The van der Waals surface area contributed by atoms with E-state index in [0.29, 0.717) is 17.1 Å². The second kappa shape index (κ2) is 6.84. The number of nitrogens with one attached hydrogen (secondary N) is 2. The Hall–Kier alpha value is -2.66. The monoisotopic (exact) mass is 340 g/mol. The fraction of sp³-hybridized carbons (Fsp3) is 0.167. The molecule has 0 radical (unpaired) electrons. The number of nitrogens with zero attached hydrogens (tertiary/aromatic N) is 2. The third-order valence-electron chi connectivity index (χ3n) is 3.69. The Labute approximate surface area is 144 Å². The van der Waals surface area contributed by atoms with Gasteiger partial charge in [0.15, 0.2) is 0 Å². The van der Waals surface area contributed by atoms with Gasteiger partial charge in [-0.05, 0) is 37.1 Å². The van der Waals surface area contributed by atoms with Crippen molar-refractivity contribution in [1.82, 2.24) is 15.2 Å². The van der Waals surface area contributed by atoms with Gasteiger partial charge in [0.2, 0.25) is 5.95 Å². The zero-order valence-electron chi connectivity index (χ0n) is 13.4. The van der Waals surface area contributed by atoms with Gasteiger partial charge in [-0.25, -0.2) is 0 Å². The SMILES string of the molecule is Cc1ccc(Cc2nnc(Nc3ccc(C)c(Cl)c3)[nH]c2=O)cc1. The highest BCUT2D eigenvalue weighted by Gasteiger charge is 2.07. The summed E-state index contributed by atoms with van der Waals surface area (Å²) in [5, 5.41) is 11.7. The Kier molecular flexibility index (Phi) is 4.62. The molecule has 122 valence electrons. The number of aromatic amines is 1. The molecule has 5 nitrogen and oxygen atoms in total. The van der Waals surface area contributed by atoms with E-state index in [4.69, 9.17) is 11.6 Å². The lowest BCUT2D eigenvalue weighted by molar-refractivity contribution is 0.874. The summed E-state index contributed by atoms with van der Waals surface area (Å²) < 4.78 is 0. The van der Waals surface area contributed by atoms with E-state index in [1.807, 2.05) is 50.2 Å². The highest BCUT2D eigenvalue weighted by atomic mass is 35.5. The molecular formula is C18H17ClN4O. The Morgan fingerprint density at radius 1 is 1.08 bits per heavy atom. The fourth-order valence-electron chi connectivity index (χ4n) is 2.24. The van der Waals surface area contributed by atoms with Gasteiger partial charge in [0, 0.05) is 17.1 Å². The number of aryl methyl sites for hydroxylation is 2. The minimum absolute atomic E-state index is 0.258.